The van der Waals surface area contributed by atoms with Crippen LogP contribution < -0.4 is 11.1 Å². The van der Waals surface area contributed by atoms with Crippen molar-refractivity contribution in [2.24, 2.45) is 5.73 Å². The van der Waals surface area contributed by atoms with E-state index in [4.69, 9.17) is 14.8 Å². The van der Waals surface area contributed by atoms with Gasteiger partial charge >= 0.3 is 7.82 Å². The van der Waals surface area contributed by atoms with Crippen LogP contribution in [0.1, 0.15) is 213 Å². The Labute approximate surface area is 320 Å². The zero-order valence-electron chi connectivity index (χ0n) is 33.9. The maximum absolute atomic E-state index is 12.8. The minimum atomic E-state index is -4.37. The molecule has 0 aliphatic carbocycles. The molecule has 0 aromatic heterocycles. The molecule has 52 heavy (non-hydrogen) atoms. The standard InChI is InChI=1S/C42H85N2O7P/c1-3-5-7-9-11-13-15-17-19-21-23-25-27-29-31-33-39(45)37-42(47)44-40(38-51-52(48,49)50-36-35-43)41(46)34-32-30-28-26-24-22-20-18-16-14-12-10-8-6-4-2/h17,19,39-41,45-46H,3-16,18,20-38,43H2,1-2H3,(H,44,47)(H,48,49)/b19-17-. The minimum absolute atomic E-state index is 0.0600. The number of carbonyl (C=O) groups is 1. The average Bonchev–Trinajstić information content (AvgIpc) is 3.12. The molecule has 1 amide bonds. The SMILES string of the molecule is CCCCCCCC/C=C\CCCCCCCC(O)CC(=O)NC(COP(=O)(O)OCCN)C(O)CCCCCCCCCCCCCCCCC. The first-order chi connectivity index (χ1) is 25.3. The van der Waals surface area contributed by atoms with E-state index < -0.39 is 32.0 Å². The van der Waals surface area contributed by atoms with Gasteiger partial charge in [0.15, 0.2) is 0 Å². The number of aliphatic hydroxyl groups is 2. The van der Waals surface area contributed by atoms with Crippen LogP contribution in [0.25, 0.3) is 0 Å². The van der Waals surface area contributed by atoms with Crippen molar-refractivity contribution >= 4 is 13.7 Å². The van der Waals surface area contributed by atoms with E-state index in [9.17, 15) is 24.5 Å². The first-order valence-electron chi connectivity index (χ1n) is 21.9. The van der Waals surface area contributed by atoms with Gasteiger partial charge in [-0.1, -0.05) is 180 Å². The van der Waals surface area contributed by atoms with Gasteiger partial charge < -0.3 is 26.2 Å². The van der Waals surface area contributed by atoms with Gasteiger partial charge in [0, 0.05) is 6.54 Å². The molecule has 0 radical (unpaired) electrons. The Morgan fingerprint density at radius 1 is 0.635 bits per heavy atom. The lowest BCUT2D eigenvalue weighted by atomic mass is 10.0. The van der Waals surface area contributed by atoms with E-state index in [0.717, 1.165) is 44.9 Å². The summed E-state index contributed by atoms with van der Waals surface area (Å²) in [4.78, 5) is 22.8. The molecule has 6 N–H and O–H groups in total. The number of aliphatic hydroxyl groups excluding tert-OH is 2. The van der Waals surface area contributed by atoms with E-state index in [-0.39, 0.29) is 26.2 Å². The maximum atomic E-state index is 12.8. The van der Waals surface area contributed by atoms with Crippen molar-refractivity contribution in [3.63, 3.8) is 0 Å². The predicted octanol–water partition coefficient (Wildman–Crippen LogP) is 11.0. The van der Waals surface area contributed by atoms with Gasteiger partial charge in [0.05, 0.1) is 37.9 Å². The topological polar surface area (TPSA) is 151 Å². The van der Waals surface area contributed by atoms with Gasteiger partial charge in [-0.3, -0.25) is 13.8 Å². The molecular formula is C42H85N2O7P. The molecular weight excluding hydrogens is 675 g/mol. The molecule has 310 valence electrons. The van der Waals surface area contributed by atoms with Crippen molar-refractivity contribution in [2.75, 3.05) is 19.8 Å². The van der Waals surface area contributed by atoms with E-state index in [1.165, 1.54) is 135 Å². The molecule has 0 aliphatic rings. The average molecular weight is 761 g/mol. The summed E-state index contributed by atoms with van der Waals surface area (Å²) in [5.41, 5.74) is 5.37. The molecule has 0 saturated heterocycles. The van der Waals surface area contributed by atoms with Gasteiger partial charge in [-0.05, 0) is 38.5 Å². The number of hydrogen-bond donors (Lipinski definition) is 5. The van der Waals surface area contributed by atoms with Crippen LogP contribution in [-0.4, -0.2) is 59.0 Å². The molecule has 0 spiro atoms. The molecule has 0 saturated carbocycles. The van der Waals surface area contributed by atoms with Crippen molar-refractivity contribution in [3.05, 3.63) is 12.2 Å². The Balaban J connectivity index is 4.28. The van der Waals surface area contributed by atoms with Gasteiger partial charge in [-0.25, -0.2) is 4.57 Å². The molecule has 10 heteroatoms. The monoisotopic (exact) mass is 761 g/mol. The summed E-state index contributed by atoms with van der Waals surface area (Å²) in [7, 11) is -4.37. The Kier molecular flexibility index (Phi) is 37.9. The third-order valence-electron chi connectivity index (χ3n) is 9.92. The zero-order chi connectivity index (χ0) is 38.4. The third kappa shape index (κ3) is 36.2. The lowest BCUT2D eigenvalue weighted by Gasteiger charge is -2.25. The first-order valence-corrected chi connectivity index (χ1v) is 23.4. The molecule has 0 aromatic carbocycles. The number of hydrogen-bond acceptors (Lipinski definition) is 7. The number of phosphoric acid groups is 1. The number of unbranched alkanes of at least 4 members (excludes halogenated alkanes) is 25. The van der Waals surface area contributed by atoms with Crippen LogP contribution in [0, 0.1) is 0 Å². The Morgan fingerprint density at radius 2 is 1.04 bits per heavy atom. The van der Waals surface area contributed by atoms with Crippen molar-refractivity contribution in [2.45, 2.75) is 231 Å². The summed E-state index contributed by atoms with van der Waals surface area (Å²) in [6.07, 6.45) is 38.2. The fourth-order valence-corrected chi connectivity index (χ4v) is 7.35. The van der Waals surface area contributed by atoms with Crippen molar-refractivity contribution in [1.82, 2.24) is 5.32 Å². The minimum Gasteiger partial charge on any atom is -0.393 e. The second kappa shape index (κ2) is 38.5. The van der Waals surface area contributed by atoms with Gasteiger partial charge in [-0.2, -0.15) is 0 Å². The number of rotatable bonds is 41. The van der Waals surface area contributed by atoms with Crippen LogP contribution in [-0.2, 0) is 18.4 Å². The van der Waals surface area contributed by atoms with Crippen molar-refractivity contribution in [3.8, 4) is 0 Å². The molecule has 4 unspecified atom stereocenters. The molecule has 0 aliphatic heterocycles. The Bertz CT molecular complexity index is 847. The lowest BCUT2D eigenvalue weighted by Crippen LogP contribution is -2.47. The Hall–Kier alpha value is -0.800. The quantitative estimate of drug-likeness (QED) is 0.0235. The number of allylic oxidation sites excluding steroid dienone is 2. The summed E-state index contributed by atoms with van der Waals surface area (Å²) in [6.45, 7) is 4.05. The number of phosphoric ester groups is 1. The smallest absolute Gasteiger partial charge is 0.393 e. The molecule has 4 atom stereocenters. The lowest BCUT2D eigenvalue weighted by molar-refractivity contribution is -0.125. The summed E-state index contributed by atoms with van der Waals surface area (Å²) < 4.78 is 22.1. The number of carbonyl (C=O) groups excluding carboxylic acids is 1. The number of nitrogens with two attached hydrogens (primary N) is 1. The van der Waals surface area contributed by atoms with Crippen molar-refractivity contribution < 1.29 is 33.5 Å². The molecule has 0 heterocycles. The van der Waals surface area contributed by atoms with Crippen LogP contribution in [0.5, 0.6) is 0 Å². The van der Waals surface area contributed by atoms with Crippen molar-refractivity contribution in [1.29, 1.82) is 0 Å². The van der Waals surface area contributed by atoms with Crippen LogP contribution >= 0.6 is 7.82 Å². The highest BCUT2D eigenvalue weighted by Gasteiger charge is 2.28. The van der Waals surface area contributed by atoms with Gasteiger partial charge in [0.2, 0.25) is 5.91 Å². The van der Waals surface area contributed by atoms with Crippen LogP contribution in [0.3, 0.4) is 0 Å². The fourth-order valence-electron chi connectivity index (χ4n) is 6.59. The Morgan fingerprint density at radius 3 is 1.48 bits per heavy atom. The van der Waals surface area contributed by atoms with Gasteiger partial charge in [0.25, 0.3) is 0 Å². The summed E-state index contributed by atoms with van der Waals surface area (Å²) in [5.74, 6) is -0.417. The summed E-state index contributed by atoms with van der Waals surface area (Å²) >= 11 is 0. The highest BCUT2D eigenvalue weighted by Crippen LogP contribution is 2.43. The highest BCUT2D eigenvalue weighted by molar-refractivity contribution is 7.47. The molecule has 9 nitrogen and oxygen atoms in total. The van der Waals surface area contributed by atoms with E-state index >= 15 is 0 Å². The maximum Gasteiger partial charge on any atom is 0.472 e. The largest absolute Gasteiger partial charge is 0.472 e. The van der Waals surface area contributed by atoms with Crippen LogP contribution in [0.15, 0.2) is 12.2 Å². The molecule has 0 fully saturated rings. The van der Waals surface area contributed by atoms with Gasteiger partial charge in [-0.15, -0.1) is 0 Å². The van der Waals surface area contributed by atoms with Crippen LogP contribution in [0.2, 0.25) is 0 Å². The second-order valence-corrected chi connectivity index (χ2v) is 16.6. The second-order valence-electron chi connectivity index (χ2n) is 15.1. The van der Waals surface area contributed by atoms with E-state index in [0.29, 0.717) is 12.8 Å². The normalized spacial score (nSPS) is 14.8. The third-order valence-corrected chi connectivity index (χ3v) is 10.9. The number of amides is 1. The van der Waals surface area contributed by atoms with E-state index in [1.54, 1.807) is 0 Å². The fraction of sp³-hybridized carbons (Fsp3) is 0.929. The molecule has 0 rings (SSSR count). The first kappa shape index (κ1) is 51.2. The number of nitrogens with one attached hydrogen (secondary N) is 1. The van der Waals surface area contributed by atoms with Crippen LogP contribution in [0.4, 0.5) is 0 Å². The summed E-state index contributed by atoms with van der Waals surface area (Å²) in [5, 5.41) is 24.2. The zero-order valence-corrected chi connectivity index (χ0v) is 34.8. The van der Waals surface area contributed by atoms with Gasteiger partial charge in [0.1, 0.15) is 0 Å². The van der Waals surface area contributed by atoms with E-state index in [1.807, 2.05) is 0 Å². The van der Waals surface area contributed by atoms with E-state index in [2.05, 4.69) is 31.3 Å². The highest BCUT2D eigenvalue weighted by atomic mass is 31.2. The molecule has 0 aromatic rings. The molecule has 0 bridgehead atoms. The predicted molar refractivity (Wildman–Crippen MR) is 218 cm³/mol. The summed E-state index contributed by atoms with van der Waals surface area (Å²) in [6, 6.07) is -0.895.